The number of halogens is 3. The minimum Gasteiger partial charge on any atom is -0.348 e. The lowest BCUT2D eigenvalue weighted by atomic mass is 10.2. The molecule has 0 fully saturated rings. The van der Waals surface area contributed by atoms with Gasteiger partial charge in [0.15, 0.2) is 0 Å². The third-order valence-electron chi connectivity index (χ3n) is 3.62. The van der Waals surface area contributed by atoms with Crippen molar-refractivity contribution in [2.45, 2.75) is 6.54 Å². The number of hydrogen-bond acceptors (Lipinski definition) is 3. The van der Waals surface area contributed by atoms with Crippen LogP contribution in [0.3, 0.4) is 0 Å². The van der Waals surface area contributed by atoms with E-state index < -0.39 is 11.6 Å². The molecule has 0 saturated carbocycles. The van der Waals surface area contributed by atoms with Crippen LogP contribution in [0.15, 0.2) is 60.8 Å². The van der Waals surface area contributed by atoms with Gasteiger partial charge < -0.3 is 10.6 Å². The molecule has 132 valence electrons. The van der Waals surface area contributed by atoms with Crippen molar-refractivity contribution in [1.29, 1.82) is 0 Å². The summed E-state index contributed by atoms with van der Waals surface area (Å²) in [6.45, 7) is 0.291. The van der Waals surface area contributed by atoms with Gasteiger partial charge in [-0.1, -0.05) is 29.8 Å². The lowest BCUT2D eigenvalue weighted by Gasteiger charge is -2.09. The van der Waals surface area contributed by atoms with E-state index >= 15 is 0 Å². The number of aromatic nitrogens is 1. The lowest BCUT2D eigenvalue weighted by Crippen LogP contribution is -2.23. The maximum Gasteiger partial charge on any atom is 0.253 e. The highest BCUT2D eigenvalue weighted by molar-refractivity contribution is 6.31. The highest BCUT2D eigenvalue weighted by Gasteiger charge is 2.09. The molecule has 0 spiro atoms. The van der Waals surface area contributed by atoms with Crippen LogP contribution in [0.1, 0.15) is 15.9 Å². The molecule has 2 aromatic carbocycles. The van der Waals surface area contributed by atoms with Gasteiger partial charge in [-0.3, -0.25) is 4.79 Å². The molecule has 1 heterocycles. The first-order valence-corrected chi connectivity index (χ1v) is 8.10. The molecule has 0 atom stereocenters. The molecule has 0 aliphatic rings. The van der Waals surface area contributed by atoms with E-state index in [2.05, 4.69) is 15.6 Å². The Kier molecular flexibility index (Phi) is 5.43. The van der Waals surface area contributed by atoms with E-state index in [0.29, 0.717) is 22.9 Å². The molecule has 1 amide bonds. The zero-order valence-electron chi connectivity index (χ0n) is 13.5. The number of pyridine rings is 1. The minimum atomic E-state index is -0.728. The van der Waals surface area contributed by atoms with Gasteiger partial charge in [0.1, 0.15) is 17.5 Å². The molecule has 1 aromatic heterocycles. The third kappa shape index (κ3) is 4.34. The van der Waals surface area contributed by atoms with Crippen LogP contribution < -0.4 is 10.6 Å². The molecule has 0 radical (unpaired) electrons. The maximum absolute atomic E-state index is 13.6. The van der Waals surface area contributed by atoms with Crippen LogP contribution in [0, 0.1) is 11.6 Å². The van der Waals surface area contributed by atoms with E-state index in [1.54, 1.807) is 12.1 Å². The Bertz CT molecular complexity index is 932. The monoisotopic (exact) mass is 373 g/mol. The number of carbonyl (C=O) groups is 1. The van der Waals surface area contributed by atoms with Crippen molar-refractivity contribution in [3.63, 3.8) is 0 Å². The second-order valence-corrected chi connectivity index (χ2v) is 5.86. The molecule has 3 rings (SSSR count). The van der Waals surface area contributed by atoms with Gasteiger partial charge in [-0.25, -0.2) is 13.8 Å². The summed E-state index contributed by atoms with van der Waals surface area (Å²) in [6, 6.07) is 13.5. The SMILES string of the molecule is O=C(NCc1ccccc1Cl)c1ccc(Nc2ccc(F)cc2F)nc1. The number of nitrogens with one attached hydrogen (secondary N) is 2. The molecule has 0 bridgehead atoms. The van der Waals surface area contributed by atoms with Gasteiger partial charge in [-0.15, -0.1) is 0 Å². The first-order chi connectivity index (χ1) is 12.5. The van der Waals surface area contributed by atoms with Crippen molar-refractivity contribution in [3.8, 4) is 0 Å². The van der Waals surface area contributed by atoms with Gasteiger partial charge in [0.2, 0.25) is 0 Å². The van der Waals surface area contributed by atoms with Gasteiger partial charge >= 0.3 is 0 Å². The molecule has 4 nitrogen and oxygen atoms in total. The van der Waals surface area contributed by atoms with Gasteiger partial charge in [0, 0.05) is 23.8 Å². The van der Waals surface area contributed by atoms with E-state index in [1.807, 2.05) is 18.2 Å². The standard InChI is InChI=1S/C19H14ClF2N3O/c20-15-4-2-1-3-12(15)10-24-19(26)13-5-8-18(23-11-13)25-17-7-6-14(21)9-16(17)22/h1-9,11H,10H2,(H,23,25)(H,24,26). The Hall–Kier alpha value is -2.99. The van der Waals surface area contributed by atoms with E-state index in [-0.39, 0.29) is 11.6 Å². The van der Waals surface area contributed by atoms with Crippen molar-refractivity contribution in [3.05, 3.63) is 88.6 Å². The Morgan fingerprint density at radius 2 is 1.88 bits per heavy atom. The van der Waals surface area contributed by atoms with Crippen LogP contribution in [0.2, 0.25) is 5.02 Å². The van der Waals surface area contributed by atoms with Gasteiger partial charge in [0.05, 0.1) is 11.3 Å². The summed E-state index contributed by atoms with van der Waals surface area (Å²) in [5, 5.41) is 6.06. The van der Waals surface area contributed by atoms with Crippen LogP contribution >= 0.6 is 11.6 Å². The molecule has 0 saturated heterocycles. The average Bonchev–Trinajstić information content (AvgIpc) is 2.64. The second kappa shape index (κ2) is 7.93. The third-order valence-corrected chi connectivity index (χ3v) is 3.99. The smallest absolute Gasteiger partial charge is 0.253 e. The number of hydrogen-bond donors (Lipinski definition) is 2. The molecule has 2 N–H and O–H groups in total. The summed E-state index contributed by atoms with van der Waals surface area (Å²) < 4.78 is 26.5. The van der Waals surface area contributed by atoms with Crippen molar-refractivity contribution in [2.75, 3.05) is 5.32 Å². The number of nitrogens with zero attached hydrogens (tertiary/aromatic N) is 1. The Morgan fingerprint density at radius 3 is 2.58 bits per heavy atom. The first-order valence-electron chi connectivity index (χ1n) is 7.72. The van der Waals surface area contributed by atoms with Crippen molar-refractivity contribution < 1.29 is 13.6 Å². The predicted octanol–water partition coefficient (Wildman–Crippen LogP) is 4.69. The second-order valence-electron chi connectivity index (χ2n) is 5.46. The van der Waals surface area contributed by atoms with Crippen LogP contribution in [-0.4, -0.2) is 10.9 Å². The number of rotatable bonds is 5. The summed E-state index contributed by atoms with van der Waals surface area (Å²) in [5.74, 6) is -1.37. The highest BCUT2D eigenvalue weighted by atomic mass is 35.5. The van der Waals surface area contributed by atoms with Crippen LogP contribution in [0.25, 0.3) is 0 Å². The van der Waals surface area contributed by atoms with Gasteiger partial charge in [-0.2, -0.15) is 0 Å². The highest BCUT2D eigenvalue weighted by Crippen LogP contribution is 2.19. The normalized spacial score (nSPS) is 10.4. The van der Waals surface area contributed by atoms with Crippen molar-refractivity contribution in [2.24, 2.45) is 0 Å². The van der Waals surface area contributed by atoms with E-state index in [0.717, 1.165) is 17.7 Å². The summed E-state index contributed by atoms with van der Waals surface area (Å²) >= 11 is 6.05. The maximum atomic E-state index is 13.6. The summed E-state index contributed by atoms with van der Waals surface area (Å²) in [6.07, 6.45) is 1.37. The summed E-state index contributed by atoms with van der Waals surface area (Å²) in [4.78, 5) is 16.2. The quantitative estimate of drug-likeness (QED) is 0.682. The van der Waals surface area contributed by atoms with Crippen molar-refractivity contribution in [1.82, 2.24) is 10.3 Å². The Morgan fingerprint density at radius 1 is 1.08 bits per heavy atom. The van der Waals surface area contributed by atoms with Gasteiger partial charge in [-0.05, 0) is 35.9 Å². The lowest BCUT2D eigenvalue weighted by molar-refractivity contribution is 0.0950. The molecule has 0 aliphatic heterocycles. The average molecular weight is 374 g/mol. The molecule has 3 aromatic rings. The fourth-order valence-electron chi connectivity index (χ4n) is 2.25. The van der Waals surface area contributed by atoms with Crippen LogP contribution in [0.4, 0.5) is 20.3 Å². The molecule has 26 heavy (non-hydrogen) atoms. The van der Waals surface area contributed by atoms with Gasteiger partial charge in [0.25, 0.3) is 5.91 Å². The zero-order valence-corrected chi connectivity index (χ0v) is 14.2. The van der Waals surface area contributed by atoms with Crippen LogP contribution in [0.5, 0.6) is 0 Å². The molecule has 7 heteroatoms. The fourth-order valence-corrected chi connectivity index (χ4v) is 2.45. The molecule has 0 aliphatic carbocycles. The summed E-state index contributed by atoms with van der Waals surface area (Å²) in [5.41, 5.74) is 1.25. The van der Waals surface area contributed by atoms with Crippen molar-refractivity contribution >= 4 is 29.0 Å². The van der Waals surface area contributed by atoms with E-state index in [1.165, 1.54) is 18.3 Å². The topological polar surface area (TPSA) is 54.0 Å². The largest absolute Gasteiger partial charge is 0.348 e. The number of anilines is 2. The molecular weight excluding hydrogens is 360 g/mol. The van der Waals surface area contributed by atoms with Crippen LogP contribution in [-0.2, 0) is 6.54 Å². The number of amides is 1. The minimum absolute atomic E-state index is 0.0924. The molecular formula is C19H14ClF2N3O. The predicted molar refractivity (Wildman–Crippen MR) is 96.5 cm³/mol. The van der Waals surface area contributed by atoms with E-state index in [9.17, 15) is 13.6 Å². The van der Waals surface area contributed by atoms with E-state index in [4.69, 9.17) is 11.6 Å². The summed E-state index contributed by atoms with van der Waals surface area (Å²) in [7, 11) is 0. The Balaban J connectivity index is 1.63. The number of carbonyl (C=O) groups excluding carboxylic acids is 1. The Labute approximate surface area is 153 Å². The first kappa shape index (κ1) is 17.8. The molecule has 0 unspecified atom stereocenters. The zero-order chi connectivity index (χ0) is 18.5. The fraction of sp³-hybridized carbons (Fsp3) is 0.0526. The number of benzene rings is 2.